The summed E-state index contributed by atoms with van der Waals surface area (Å²) in [5.41, 5.74) is 2.91. The van der Waals surface area contributed by atoms with Crippen LogP contribution in [0.25, 0.3) is 0 Å². The van der Waals surface area contributed by atoms with Gasteiger partial charge in [0.1, 0.15) is 0 Å². The molecule has 2 aromatic carbocycles. The van der Waals surface area contributed by atoms with Gasteiger partial charge in [-0.1, -0.05) is 30.7 Å². The van der Waals surface area contributed by atoms with E-state index in [1.807, 2.05) is 76.7 Å². The fraction of sp³-hybridized carbons (Fsp3) is 0.536. The van der Waals surface area contributed by atoms with Crippen molar-refractivity contribution in [3.8, 4) is 0 Å². The van der Waals surface area contributed by atoms with Crippen molar-refractivity contribution >= 4 is 17.2 Å². The van der Waals surface area contributed by atoms with E-state index in [-0.39, 0.29) is 5.78 Å². The Kier molecular flexibility index (Phi) is 6.61. The minimum Gasteiger partial charge on any atom is -0.378 e. The molecule has 188 valence electrons. The molecule has 1 aliphatic carbocycles. The molecule has 7 nitrogen and oxygen atoms in total. The molecule has 2 spiro atoms. The first-order valence-corrected chi connectivity index (χ1v) is 12.4. The maximum absolute atomic E-state index is 13.9. The van der Waals surface area contributed by atoms with Crippen LogP contribution in [0.1, 0.15) is 43.0 Å². The molecule has 35 heavy (non-hydrogen) atoms. The number of ketones is 1. The van der Waals surface area contributed by atoms with Gasteiger partial charge in [0.2, 0.25) is 0 Å². The molecule has 0 bridgehead atoms. The van der Waals surface area contributed by atoms with Crippen LogP contribution in [0.4, 0.5) is 11.4 Å². The SMILES string of the molecule is CN(C)c1ccc(C2OCC3(CCCC4(COC(c5ccc(N(C)C)cc5)OC4)C3=O)CO2)cc1. The quantitative estimate of drug-likeness (QED) is 0.645. The van der Waals surface area contributed by atoms with E-state index in [9.17, 15) is 4.79 Å². The molecular weight excluding hydrogens is 444 g/mol. The highest BCUT2D eigenvalue weighted by molar-refractivity contribution is 5.92. The third kappa shape index (κ3) is 4.58. The van der Waals surface area contributed by atoms with Gasteiger partial charge in [-0.2, -0.15) is 0 Å². The summed E-state index contributed by atoms with van der Waals surface area (Å²) in [4.78, 5) is 18.0. The third-order valence-corrected chi connectivity index (χ3v) is 7.68. The number of rotatable bonds is 4. The van der Waals surface area contributed by atoms with E-state index in [1.54, 1.807) is 0 Å². The van der Waals surface area contributed by atoms with E-state index in [4.69, 9.17) is 18.9 Å². The molecule has 0 aromatic heterocycles. The summed E-state index contributed by atoms with van der Waals surface area (Å²) in [5, 5.41) is 0. The van der Waals surface area contributed by atoms with Gasteiger partial charge in [-0.25, -0.2) is 0 Å². The molecule has 5 rings (SSSR count). The zero-order valence-corrected chi connectivity index (χ0v) is 21.2. The van der Waals surface area contributed by atoms with Gasteiger partial charge in [-0.05, 0) is 37.1 Å². The number of hydrogen-bond acceptors (Lipinski definition) is 7. The van der Waals surface area contributed by atoms with Crippen LogP contribution in [-0.2, 0) is 23.7 Å². The van der Waals surface area contributed by atoms with Crippen LogP contribution >= 0.6 is 0 Å². The van der Waals surface area contributed by atoms with Gasteiger partial charge >= 0.3 is 0 Å². The van der Waals surface area contributed by atoms with E-state index < -0.39 is 23.4 Å². The molecular formula is C28H36N2O5. The lowest BCUT2D eigenvalue weighted by atomic mass is 9.61. The number of anilines is 2. The number of nitrogens with zero attached hydrogens (tertiary/aromatic N) is 2. The average Bonchev–Trinajstić information content (AvgIpc) is 2.88. The Balaban J connectivity index is 1.23. The molecule has 0 amide bonds. The van der Waals surface area contributed by atoms with Crippen molar-refractivity contribution in [2.24, 2.45) is 10.8 Å². The number of carbonyl (C=O) groups excluding carboxylic acids is 1. The Morgan fingerprint density at radius 1 is 0.629 bits per heavy atom. The summed E-state index contributed by atoms with van der Waals surface area (Å²) in [6, 6.07) is 16.3. The Morgan fingerprint density at radius 2 is 0.971 bits per heavy atom. The Morgan fingerprint density at radius 3 is 1.29 bits per heavy atom. The molecule has 0 N–H and O–H groups in total. The smallest absolute Gasteiger partial charge is 0.183 e. The molecule has 2 aliphatic heterocycles. The Hall–Kier alpha value is -2.45. The maximum Gasteiger partial charge on any atom is 0.183 e. The standard InChI is InChI=1S/C28H36N2O5/c1-29(2)22-10-6-20(7-11-22)24-32-16-27(17-33-24)14-5-15-28(26(27)31)18-34-25(35-19-28)21-8-12-23(13-9-21)30(3)4/h6-13,24-25H,5,14-19H2,1-4H3. The molecule has 2 aromatic rings. The molecule has 3 fully saturated rings. The Labute approximate surface area is 207 Å². The second kappa shape index (κ2) is 9.54. The molecule has 0 atom stereocenters. The van der Waals surface area contributed by atoms with Crippen molar-refractivity contribution in [1.82, 2.24) is 0 Å². The monoisotopic (exact) mass is 480 g/mol. The summed E-state index contributed by atoms with van der Waals surface area (Å²) < 4.78 is 24.6. The highest BCUT2D eigenvalue weighted by atomic mass is 16.7. The van der Waals surface area contributed by atoms with Crippen LogP contribution in [0, 0.1) is 10.8 Å². The fourth-order valence-electron chi connectivity index (χ4n) is 5.47. The highest BCUT2D eigenvalue weighted by Gasteiger charge is 2.57. The van der Waals surface area contributed by atoms with E-state index in [2.05, 4.69) is 9.80 Å². The van der Waals surface area contributed by atoms with Crippen LogP contribution in [0.15, 0.2) is 48.5 Å². The van der Waals surface area contributed by atoms with Crippen molar-refractivity contribution in [3.63, 3.8) is 0 Å². The predicted octanol–water partition coefficient (Wildman–Crippen LogP) is 4.34. The predicted molar refractivity (Wildman–Crippen MR) is 135 cm³/mol. The molecule has 2 heterocycles. The number of ether oxygens (including phenoxy) is 4. The first-order chi connectivity index (χ1) is 16.8. The minimum absolute atomic E-state index is 0.166. The second-order valence-corrected chi connectivity index (χ2v) is 10.6. The molecule has 1 saturated carbocycles. The van der Waals surface area contributed by atoms with Crippen LogP contribution in [0.5, 0.6) is 0 Å². The number of Topliss-reactive ketones (excluding diaryl/α,β-unsaturated/α-hetero) is 1. The zero-order chi connectivity index (χ0) is 24.6. The molecule has 0 radical (unpaired) electrons. The molecule has 3 aliphatic rings. The number of hydrogen-bond donors (Lipinski definition) is 0. The summed E-state index contributed by atoms with van der Waals surface area (Å²) >= 11 is 0. The van der Waals surface area contributed by atoms with Gasteiger partial charge in [-0.15, -0.1) is 0 Å². The van der Waals surface area contributed by atoms with E-state index in [0.29, 0.717) is 26.4 Å². The van der Waals surface area contributed by atoms with Gasteiger partial charge in [0.25, 0.3) is 0 Å². The van der Waals surface area contributed by atoms with Crippen molar-refractivity contribution < 1.29 is 23.7 Å². The van der Waals surface area contributed by atoms with Crippen molar-refractivity contribution in [3.05, 3.63) is 59.7 Å². The van der Waals surface area contributed by atoms with Crippen LogP contribution in [0.3, 0.4) is 0 Å². The Bertz CT molecular complexity index is 937. The van der Waals surface area contributed by atoms with Gasteiger partial charge in [0.15, 0.2) is 18.4 Å². The minimum atomic E-state index is -0.634. The lowest BCUT2D eigenvalue weighted by Gasteiger charge is -2.50. The van der Waals surface area contributed by atoms with E-state index >= 15 is 0 Å². The van der Waals surface area contributed by atoms with Gasteiger partial charge in [0, 0.05) is 50.7 Å². The average molecular weight is 481 g/mol. The highest BCUT2D eigenvalue weighted by Crippen LogP contribution is 2.49. The van der Waals surface area contributed by atoms with Crippen molar-refractivity contribution in [2.75, 3.05) is 64.4 Å². The lowest BCUT2D eigenvalue weighted by molar-refractivity contribution is -0.261. The van der Waals surface area contributed by atoms with Crippen molar-refractivity contribution in [1.29, 1.82) is 0 Å². The third-order valence-electron chi connectivity index (χ3n) is 7.68. The first-order valence-electron chi connectivity index (χ1n) is 12.4. The number of benzene rings is 2. The molecule has 0 unspecified atom stereocenters. The summed E-state index contributed by atoms with van der Waals surface area (Å²) in [6.07, 6.45) is 1.58. The maximum atomic E-state index is 13.9. The largest absolute Gasteiger partial charge is 0.378 e. The molecule has 7 heteroatoms. The zero-order valence-electron chi connectivity index (χ0n) is 21.2. The summed E-state index contributed by atoms with van der Waals surface area (Å²) in [6.45, 7) is 1.46. The van der Waals surface area contributed by atoms with E-state index in [0.717, 1.165) is 41.8 Å². The first kappa shape index (κ1) is 24.3. The number of carbonyl (C=O) groups is 1. The van der Waals surface area contributed by atoms with Crippen LogP contribution in [0.2, 0.25) is 0 Å². The van der Waals surface area contributed by atoms with Crippen LogP contribution in [-0.4, -0.2) is 60.4 Å². The van der Waals surface area contributed by atoms with Gasteiger partial charge in [-0.3, -0.25) is 4.79 Å². The summed E-state index contributed by atoms with van der Waals surface area (Å²) in [5.74, 6) is 0.166. The van der Waals surface area contributed by atoms with E-state index in [1.165, 1.54) is 0 Å². The summed E-state index contributed by atoms with van der Waals surface area (Å²) in [7, 11) is 8.05. The van der Waals surface area contributed by atoms with Crippen LogP contribution < -0.4 is 9.80 Å². The lowest BCUT2D eigenvalue weighted by Crippen LogP contribution is -2.58. The second-order valence-electron chi connectivity index (χ2n) is 10.6. The van der Waals surface area contributed by atoms with Gasteiger partial charge in [0.05, 0.1) is 37.3 Å². The normalized spacial score (nSPS) is 31.0. The fourth-order valence-corrected chi connectivity index (χ4v) is 5.47. The van der Waals surface area contributed by atoms with Crippen molar-refractivity contribution in [2.45, 2.75) is 31.8 Å². The van der Waals surface area contributed by atoms with Gasteiger partial charge < -0.3 is 28.7 Å². The molecule has 2 saturated heterocycles. The topological polar surface area (TPSA) is 60.5 Å².